The Morgan fingerprint density at radius 3 is 2.13 bits per heavy atom. The molecule has 0 radical (unpaired) electrons. The molecule has 92 valence electrons. The van der Waals surface area contributed by atoms with Crippen LogP contribution in [0.1, 0.15) is 47.5 Å². The zero-order valence-electron chi connectivity index (χ0n) is 11.3. The van der Waals surface area contributed by atoms with Crippen LogP contribution in [0.5, 0.6) is 0 Å². The van der Waals surface area contributed by atoms with Crippen LogP contribution < -0.4 is 5.32 Å². The molecule has 2 nitrogen and oxygen atoms in total. The van der Waals surface area contributed by atoms with Gasteiger partial charge in [0.2, 0.25) is 0 Å². The minimum atomic E-state index is 0.610. The van der Waals surface area contributed by atoms with Gasteiger partial charge in [0.25, 0.3) is 0 Å². The van der Waals surface area contributed by atoms with Gasteiger partial charge in [-0.15, -0.1) is 0 Å². The maximum Gasteiger partial charge on any atom is 0.0107 e. The lowest BCUT2D eigenvalue weighted by Gasteiger charge is -2.23. The Morgan fingerprint density at radius 2 is 1.67 bits per heavy atom. The van der Waals surface area contributed by atoms with Crippen molar-refractivity contribution in [3.8, 4) is 0 Å². The number of rotatable bonds is 9. The van der Waals surface area contributed by atoms with Gasteiger partial charge in [0, 0.05) is 19.1 Å². The van der Waals surface area contributed by atoms with Gasteiger partial charge in [-0.3, -0.25) is 0 Å². The summed E-state index contributed by atoms with van der Waals surface area (Å²) >= 11 is 0. The molecule has 2 heteroatoms. The molecule has 1 N–H and O–H groups in total. The molecule has 0 aliphatic rings. The average molecular weight is 214 g/mol. The Bertz CT molecular complexity index is 132. The molecule has 0 spiro atoms. The van der Waals surface area contributed by atoms with Crippen molar-refractivity contribution in [2.24, 2.45) is 5.92 Å². The molecule has 0 saturated carbocycles. The second-order valence-electron chi connectivity index (χ2n) is 5.13. The molecule has 0 saturated heterocycles. The van der Waals surface area contributed by atoms with E-state index in [2.05, 4.69) is 44.8 Å². The highest BCUT2D eigenvalue weighted by atomic mass is 15.1. The first-order chi connectivity index (χ1) is 7.06. The van der Waals surface area contributed by atoms with Gasteiger partial charge in [-0.25, -0.2) is 0 Å². The van der Waals surface area contributed by atoms with E-state index in [1.54, 1.807) is 0 Å². The molecule has 0 aromatic heterocycles. The summed E-state index contributed by atoms with van der Waals surface area (Å²) < 4.78 is 0. The highest BCUT2D eigenvalue weighted by molar-refractivity contribution is 4.62. The van der Waals surface area contributed by atoms with Crippen LogP contribution in [0.25, 0.3) is 0 Å². The normalized spacial score (nSPS) is 12.0. The molecular formula is C13H30N2. The van der Waals surface area contributed by atoms with Crippen LogP contribution in [-0.4, -0.2) is 37.1 Å². The molecule has 0 aliphatic heterocycles. The molecule has 0 aromatic rings. The predicted molar refractivity (Wildman–Crippen MR) is 69.3 cm³/mol. The maximum atomic E-state index is 3.48. The fourth-order valence-electron chi connectivity index (χ4n) is 1.60. The van der Waals surface area contributed by atoms with Gasteiger partial charge in [0.1, 0.15) is 0 Å². The first-order valence-electron chi connectivity index (χ1n) is 6.52. The topological polar surface area (TPSA) is 15.3 Å². The lowest BCUT2D eigenvalue weighted by Crippen LogP contribution is -2.36. The third kappa shape index (κ3) is 10.2. The SMILES string of the molecule is CCCN(CCNC(C)C)CCC(C)C. The first-order valence-corrected chi connectivity index (χ1v) is 6.52. The third-order valence-corrected chi connectivity index (χ3v) is 2.54. The van der Waals surface area contributed by atoms with Crippen molar-refractivity contribution in [1.82, 2.24) is 10.2 Å². The van der Waals surface area contributed by atoms with Crippen molar-refractivity contribution in [3.63, 3.8) is 0 Å². The van der Waals surface area contributed by atoms with Crippen LogP contribution in [0.15, 0.2) is 0 Å². The first kappa shape index (κ1) is 14.9. The predicted octanol–water partition coefficient (Wildman–Crippen LogP) is 2.74. The van der Waals surface area contributed by atoms with E-state index in [9.17, 15) is 0 Å². The third-order valence-electron chi connectivity index (χ3n) is 2.54. The van der Waals surface area contributed by atoms with Crippen molar-refractivity contribution in [2.45, 2.75) is 53.5 Å². The number of hydrogen-bond donors (Lipinski definition) is 1. The molecule has 0 atom stereocenters. The van der Waals surface area contributed by atoms with E-state index in [1.807, 2.05) is 0 Å². The van der Waals surface area contributed by atoms with Crippen LogP contribution in [0.4, 0.5) is 0 Å². The Kier molecular flexibility index (Phi) is 9.12. The van der Waals surface area contributed by atoms with Gasteiger partial charge in [-0.2, -0.15) is 0 Å². The lowest BCUT2D eigenvalue weighted by atomic mass is 10.1. The molecule has 0 amide bonds. The Hall–Kier alpha value is -0.0800. The summed E-state index contributed by atoms with van der Waals surface area (Å²) in [4.78, 5) is 2.58. The van der Waals surface area contributed by atoms with Crippen molar-refractivity contribution in [2.75, 3.05) is 26.2 Å². The number of hydrogen-bond acceptors (Lipinski definition) is 2. The van der Waals surface area contributed by atoms with Crippen LogP contribution in [0.2, 0.25) is 0 Å². The second-order valence-corrected chi connectivity index (χ2v) is 5.13. The number of nitrogens with one attached hydrogen (secondary N) is 1. The van der Waals surface area contributed by atoms with E-state index in [4.69, 9.17) is 0 Å². The minimum absolute atomic E-state index is 0.610. The standard InChI is InChI=1S/C13H30N2/c1-6-9-15(10-7-12(2)3)11-8-14-13(4)5/h12-14H,6-11H2,1-5H3. The van der Waals surface area contributed by atoms with E-state index in [1.165, 1.54) is 32.5 Å². The Morgan fingerprint density at radius 1 is 1.00 bits per heavy atom. The van der Waals surface area contributed by atoms with E-state index >= 15 is 0 Å². The summed E-state index contributed by atoms with van der Waals surface area (Å²) in [5.74, 6) is 0.822. The Labute approximate surface area is 96.4 Å². The highest BCUT2D eigenvalue weighted by Gasteiger charge is 2.04. The minimum Gasteiger partial charge on any atom is -0.313 e. The molecule has 0 heterocycles. The van der Waals surface area contributed by atoms with Crippen LogP contribution in [0, 0.1) is 5.92 Å². The van der Waals surface area contributed by atoms with E-state index in [-0.39, 0.29) is 0 Å². The van der Waals surface area contributed by atoms with Crippen molar-refractivity contribution >= 4 is 0 Å². The lowest BCUT2D eigenvalue weighted by molar-refractivity contribution is 0.255. The van der Waals surface area contributed by atoms with Gasteiger partial charge in [-0.1, -0.05) is 34.6 Å². The summed E-state index contributed by atoms with van der Waals surface area (Å²) in [7, 11) is 0. The molecule has 0 unspecified atom stereocenters. The fraction of sp³-hybridized carbons (Fsp3) is 1.00. The average Bonchev–Trinajstić information content (AvgIpc) is 2.13. The summed E-state index contributed by atoms with van der Waals surface area (Å²) in [5.41, 5.74) is 0. The van der Waals surface area contributed by atoms with Crippen molar-refractivity contribution in [1.29, 1.82) is 0 Å². The van der Waals surface area contributed by atoms with E-state index in [0.29, 0.717) is 6.04 Å². The summed E-state index contributed by atoms with van der Waals surface area (Å²) in [6.45, 7) is 16.1. The van der Waals surface area contributed by atoms with Crippen molar-refractivity contribution in [3.05, 3.63) is 0 Å². The fourth-order valence-corrected chi connectivity index (χ4v) is 1.60. The zero-order chi connectivity index (χ0) is 11.7. The van der Waals surface area contributed by atoms with Crippen LogP contribution in [0.3, 0.4) is 0 Å². The van der Waals surface area contributed by atoms with Gasteiger partial charge < -0.3 is 10.2 Å². The quantitative estimate of drug-likeness (QED) is 0.635. The van der Waals surface area contributed by atoms with Gasteiger partial charge >= 0.3 is 0 Å². The highest BCUT2D eigenvalue weighted by Crippen LogP contribution is 2.02. The van der Waals surface area contributed by atoms with Crippen molar-refractivity contribution < 1.29 is 0 Å². The van der Waals surface area contributed by atoms with Gasteiger partial charge in [-0.05, 0) is 31.8 Å². The summed E-state index contributed by atoms with van der Waals surface area (Å²) in [6, 6.07) is 0.610. The molecule has 0 aliphatic carbocycles. The van der Waals surface area contributed by atoms with Gasteiger partial charge in [0.05, 0.1) is 0 Å². The van der Waals surface area contributed by atoms with Crippen LogP contribution in [-0.2, 0) is 0 Å². The second kappa shape index (κ2) is 9.17. The molecule has 0 rings (SSSR count). The van der Waals surface area contributed by atoms with Crippen LogP contribution >= 0.6 is 0 Å². The smallest absolute Gasteiger partial charge is 0.0107 e. The number of nitrogens with zero attached hydrogens (tertiary/aromatic N) is 1. The molecule has 15 heavy (non-hydrogen) atoms. The molecule has 0 bridgehead atoms. The van der Waals surface area contributed by atoms with Gasteiger partial charge in [0.15, 0.2) is 0 Å². The van der Waals surface area contributed by atoms with E-state index < -0.39 is 0 Å². The summed E-state index contributed by atoms with van der Waals surface area (Å²) in [6.07, 6.45) is 2.58. The maximum absolute atomic E-state index is 3.48. The molecule has 0 fully saturated rings. The summed E-state index contributed by atoms with van der Waals surface area (Å²) in [5, 5.41) is 3.48. The largest absolute Gasteiger partial charge is 0.313 e. The molecule has 0 aromatic carbocycles. The zero-order valence-corrected chi connectivity index (χ0v) is 11.3. The van der Waals surface area contributed by atoms with E-state index in [0.717, 1.165) is 12.5 Å². The molecular weight excluding hydrogens is 184 g/mol. The monoisotopic (exact) mass is 214 g/mol. The Balaban J connectivity index is 3.62.